The zero-order valence-corrected chi connectivity index (χ0v) is 14.7. The first-order valence-electron chi connectivity index (χ1n) is 8.77. The predicted octanol–water partition coefficient (Wildman–Crippen LogP) is 1.08. The van der Waals surface area contributed by atoms with Crippen molar-refractivity contribution in [2.24, 2.45) is 23.2 Å². The molecule has 0 saturated heterocycles. The Hall–Kier alpha value is -1.09. The zero-order valence-electron chi connectivity index (χ0n) is 14.0. The van der Waals surface area contributed by atoms with Crippen LogP contribution in [0.5, 0.6) is 5.75 Å². The number of aromatic nitrogens is 1. The molecule has 1 heterocycles. The molecular formula is C19H25ClNO2-. The van der Waals surface area contributed by atoms with Gasteiger partial charge in [-0.2, -0.15) is 0 Å². The number of esters is 1. The van der Waals surface area contributed by atoms with E-state index in [9.17, 15) is 4.79 Å². The molecule has 0 aliphatic heterocycles. The maximum atomic E-state index is 13.0. The summed E-state index contributed by atoms with van der Waals surface area (Å²) in [5.41, 5.74) is 1.69. The van der Waals surface area contributed by atoms with E-state index in [0.29, 0.717) is 5.75 Å². The lowest BCUT2D eigenvalue weighted by Gasteiger charge is -2.55. The third-order valence-corrected chi connectivity index (χ3v) is 6.08. The second kappa shape index (κ2) is 6.08. The summed E-state index contributed by atoms with van der Waals surface area (Å²) in [4.78, 5) is 17.5. The fourth-order valence-corrected chi connectivity index (χ4v) is 5.51. The molecule has 4 aliphatic rings. The number of hydrogen-bond donors (Lipinski definition) is 0. The van der Waals surface area contributed by atoms with Crippen molar-refractivity contribution in [2.75, 3.05) is 0 Å². The SMILES string of the molecule is CCc1nc(C)ccc1OC(=O)C12CC3CC(CC(C3)C1)C2.[Cl-]. The van der Waals surface area contributed by atoms with E-state index in [-0.39, 0.29) is 23.8 Å². The first-order chi connectivity index (χ1) is 10.6. The molecule has 1 aromatic heterocycles. The molecule has 4 bridgehead atoms. The van der Waals surface area contributed by atoms with Gasteiger partial charge in [-0.1, -0.05) is 6.92 Å². The molecule has 23 heavy (non-hydrogen) atoms. The van der Waals surface area contributed by atoms with E-state index in [0.717, 1.165) is 54.8 Å². The highest BCUT2D eigenvalue weighted by Crippen LogP contribution is 2.60. The fraction of sp³-hybridized carbons (Fsp3) is 0.684. The molecule has 5 rings (SSSR count). The van der Waals surface area contributed by atoms with Gasteiger partial charge in [0.1, 0.15) is 0 Å². The van der Waals surface area contributed by atoms with Gasteiger partial charge >= 0.3 is 5.97 Å². The van der Waals surface area contributed by atoms with Crippen LogP contribution in [0.25, 0.3) is 0 Å². The van der Waals surface area contributed by atoms with Crippen LogP contribution in [0.15, 0.2) is 12.1 Å². The third kappa shape index (κ3) is 2.88. The Bertz CT molecular complexity index is 578. The summed E-state index contributed by atoms with van der Waals surface area (Å²) in [5, 5.41) is 0. The van der Waals surface area contributed by atoms with Gasteiger partial charge in [0.05, 0.1) is 11.1 Å². The fourth-order valence-electron chi connectivity index (χ4n) is 5.51. The van der Waals surface area contributed by atoms with E-state index < -0.39 is 0 Å². The first-order valence-corrected chi connectivity index (χ1v) is 8.77. The van der Waals surface area contributed by atoms with Gasteiger partial charge in [0.25, 0.3) is 0 Å². The average molecular weight is 335 g/mol. The van der Waals surface area contributed by atoms with Gasteiger partial charge in [0.15, 0.2) is 5.75 Å². The van der Waals surface area contributed by atoms with Crippen LogP contribution >= 0.6 is 0 Å². The summed E-state index contributed by atoms with van der Waals surface area (Å²) in [6.45, 7) is 4.04. The van der Waals surface area contributed by atoms with Crippen LogP contribution in [0.2, 0.25) is 0 Å². The number of rotatable bonds is 3. The normalized spacial score (nSPS) is 34.1. The Morgan fingerprint density at radius 1 is 1.17 bits per heavy atom. The van der Waals surface area contributed by atoms with Crippen LogP contribution in [0.1, 0.15) is 56.8 Å². The van der Waals surface area contributed by atoms with E-state index in [2.05, 4.69) is 11.9 Å². The second-order valence-electron chi connectivity index (χ2n) is 7.84. The van der Waals surface area contributed by atoms with Crippen molar-refractivity contribution in [3.8, 4) is 5.75 Å². The number of pyridine rings is 1. The van der Waals surface area contributed by atoms with Gasteiger partial charge in [0.2, 0.25) is 0 Å². The topological polar surface area (TPSA) is 39.2 Å². The molecule has 4 fully saturated rings. The highest BCUT2D eigenvalue weighted by molar-refractivity contribution is 5.80. The van der Waals surface area contributed by atoms with Crippen LogP contribution in [0, 0.1) is 30.1 Å². The van der Waals surface area contributed by atoms with E-state index in [1.165, 1.54) is 19.3 Å². The van der Waals surface area contributed by atoms with Gasteiger partial charge in [-0.05, 0) is 81.8 Å². The molecular weight excluding hydrogens is 310 g/mol. The monoisotopic (exact) mass is 334 g/mol. The molecule has 4 saturated carbocycles. The van der Waals surface area contributed by atoms with E-state index >= 15 is 0 Å². The number of hydrogen-bond acceptors (Lipinski definition) is 3. The third-order valence-electron chi connectivity index (χ3n) is 6.08. The van der Waals surface area contributed by atoms with Crippen molar-refractivity contribution in [2.45, 2.75) is 58.8 Å². The first kappa shape index (κ1) is 16.8. The number of carbonyl (C=O) groups is 1. The largest absolute Gasteiger partial charge is 1.00 e. The highest BCUT2D eigenvalue weighted by Gasteiger charge is 2.55. The lowest BCUT2D eigenvalue weighted by atomic mass is 9.49. The molecule has 0 radical (unpaired) electrons. The molecule has 0 amide bonds. The van der Waals surface area contributed by atoms with Crippen LogP contribution in [0.4, 0.5) is 0 Å². The summed E-state index contributed by atoms with van der Waals surface area (Å²) in [5.74, 6) is 2.99. The number of halogens is 1. The second-order valence-corrected chi connectivity index (χ2v) is 7.84. The smallest absolute Gasteiger partial charge is 0.317 e. The van der Waals surface area contributed by atoms with Crippen molar-refractivity contribution < 1.29 is 21.9 Å². The van der Waals surface area contributed by atoms with Crippen molar-refractivity contribution in [3.63, 3.8) is 0 Å². The number of nitrogens with zero attached hydrogens (tertiary/aromatic N) is 1. The number of aryl methyl sites for hydroxylation is 2. The Morgan fingerprint density at radius 2 is 1.74 bits per heavy atom. The minimum Gasteiger partial charge on any atom is -1.00 e. The molecule has 4 aliphatic carbocycles. The molecule has 0 aromatic carbocycles. The quantitative estimate of drug-likeness (QED) is 0.776. The molecule has 0 spiro atoms. The van der Waals surface area contributed by atoms with Crippen molar-refractivity contribution in [1.29, 1.82) is 0 Å². The lowest BCUT2D eigenvalue weighted by molar-refractivity contribution is -0.161. The van der Waals surface area contributed by atoms with Gasteiger partial charge in [-0.15, -0.1) is 0 Å². The number of carbonyl (C=O) groups excluding carboxylic acids is 1. The average Bonchev–Trinajstić information content (AvgIpc) is 2.47. The molecule has 4 heteroatoms. The van der Waals surface area contributed by atoms with Gasteiger partial charge < -0.3 is 17.1 Å². The Kier molecular flexibility index (Phi) is 4.43. The lowest BCUT2D eigenvalue weighted by Crippen LogP contribution is -3.00. The van der Waals surface area contributed by atoms with Gasteiger partial charge in [-0.25, -0.2) is 0 Å². The van der Waals surface area contributed by atoms with Crippen molar-refractivity contribution in [3.05, 3.63) is 23.5 Å². The Balaban J connectivity index is 0.00000156. The summed E-state index contributed by atoms with van der Waals surface area (Å²) in [6.07, 6.45) is 8.00. The maximum absolute atomic E-state index is 13.0. The highest BCUT2D eigenvalue weighted by atomic mass is 35.5. The van der Waals surface area contributed by atoms with Crippen LogP contribution in [-0.2, 0) is 11.2 Å². The molecule has 3 nitrogen and oxygen atoms in total. The summed E-state index contributed by atoms with van der Waals surface area (Å²) < 4.78 is 5.87. The maximum Gasteiger partial charge on any atom is 0.317 e. The van der Waals surface area contributed by atoms with Crippen LogP contribution in [-0.4, -0.2) is 11.0 Å². The molecule has 0 N–H and O–H groups in total. The Morgan fingerprint density at radius 3 is 2.26 bits per heavy atom. The Labute approximate surface area is 144 Å². The van der Waals surface area contributed by atoms with Crippen LogP contribution < -0.4 is 17.1 Å². The number of ether oxygens (including phenoxy) is 1. The van der Waals surface area contributed by atoms with Crippen LogP contribution in [0.3, 0.4) is 0 Å². The minimum atomic E-state index is -0.190. The molecule has 0 atom stereocenters. The van der Waals surface area contributed by atoms with E-state index in [1.807, 2.05) is 19.1 Å². The summed E-state index contributed by atoms with van der Waals surface area (Å²) in [7, 11) is 0. The zero-order chi connectivity index (χ0) is 15.3. The molecule has 1 aromatic rings. The van der Waals surface area contributed by atoms with Gasteiger partial charge in [0, 0.05) is 5.69 Å². The molecule has 0 unspecified atom stereocenters. The van der Waals surface area contributed by atoms with Gasteiger partial charge in [-0.3, -0.25) is 9.78 Å². The summed E-state index contributed by atoms with van der Waals surface area (Å²) >= 11 is 0. The minimum absolute atomic E-state index is 0. The predicted molar refractivity (Wildman–Crippen MR) is 84.6 cm³/mol. The molecule has 126 valence electrons. The standard InChI is InChI=1S/C19H25NO2.ClH/c1-3-16-17(5-4-12(2)20-16)22-18(21)19-9-13-6-14(10-19)8-15(7-13)11-19;/h4-5,13-15H,3,6-11H2,1-2H3;1H/p-1. The van der Waals surface area contributed by atoms with E-state index in [1.54, 1.807) is 0 Å². The summed E-state index contributed by atoms with van der Waals surface area (Å²) in [6, 6.07) is 3.85. The van der Waals surface area contributed by atoms with E-state index in [4.69, 9.17) is 4.74 Å². The van der Waals surface area contributed by atoms with Crippen molar-refractivity contribution >= 4 is 5.97 Å². The van der Waals surface area contributed by atoms with Crippen molar-refractivity contribution in [1.82, 2.24) is 4.98 Å².